The average molecular weight is 467 g/mol. The molecule has 3 N–H and O–H groups in total. The van der Waals surface area contributed by atoms with Gasteiger partial charge in [-0.25, -0.2) is 22.0 Å². The molecule has 4 rings (SSSR count). The number of anilines is 2. The standard InChI is InChI=1S/C20H19F2N3O6S/c21-11-1-4-14(5-2-11)32(29,30)25-10-13(9-23-19(26)15-8-16(15)22)31-18-6-3-12(7-17(18)25)24-20(27)28/h1-7,13,15-16,24H,8-10H2,(H,23,26)(H,27,28)/t13-,15+,16-/m0/s1. The van der Waals surface area contributed by atoms with Crippen molar-refractivity contribution in [2.24, 2.45) is 5.92 Å². The smallest absolute Gasteiger partial charge is 0.409 e. The minimum atomic E-state index is -4.18. The normalized spacial score (nSPS) is 21.8. The zero-order chi connectivity index (χ0) is 23.0. The fourth-order valence-corrected chi connectivity index (χ4v) is 4.86. The second-order valence-electron chi connectivity index (χ2n) is 7.45. The van der Waals surface area contributed by atoms with E-state index < -0.39 is 46.0 Å². The lowest BCUT2D eigenvalue weighted by Gasteiger charge is -2.35. The van der Waals surface area contributed by atoms with Crippen molar-refractivity contribution in [1.29, 1.82) is 0 Å². The number of fused-ring (bicyclic) bond motifs is 1. The number of hydrogen-bond donors (Lipinski definition) is 3. The molecule has 0 spiro atoms. The van der Waals surface area contributed by atoms with Gasteiger partial charge in [0.05, 0.1) is 29.6 Å². The summed E-state index contributed by atoms with van der Waals surface area (Å²) in [6.45, 7) is -0.278. The summed E-state index contributed by atoms with van der Waals surface area (Å²) in [5.74, 6) is -1.63. The van der Waals surface area contributed by atoms with Gasteiger partial charge in [0.15, 0.2) is 0 Å². The van der Waals surface area contributed by atoms with Crippen molar-refractivity contribution in [3.05, 3.63) is 48.3 Å². The van der Waals surface area contributed by atoms with E-state index in [1.54, 1.807) is 0 Å². The number of alkyl halides is 1. The van der Waals surface area contributed by atoms with Crippen LogP contribution < -0.4 is 19.7 Å². The van der Waals surface area contributed by atoms with Crippen LogP contribution in [0.5, 0.6) is 5.75 Å². The third kappa shape index (κ3) is 4.44. The van der Waals surface area contributed by atoms with Gasteiger partial charge in [0, 0.05) is 5.69 Å². The average Bonchev–Trinajstić information content (AvgIpc) is 3.48. The highest BCUT2D eigenvalue weighted by Crippen LogP contribution is 2.39. The van der Waals surface area contributed by atoms with Crippen LogP contribution in [0.2, 0.25) is 0 Å². The molecule has 170 valence electrons. The lowest BCUT2D eigenvalue weighted by Crippen LogP contribution is -2.48. The van der Waals surface area contributed by atoms with Gasteiger partial charge in [-0.3, -0.25) is 14.4 Å². The molecule has 1 aliphatic carbocycles. The van der Waals surface area contributed by atoms with E-state index in [4.69, 9.17) is 9.84 Å². The van der Waals surface area contributed by atoms with Gasteiger partial charge in [-0.2, -0.15) is 0 Å². The van der Waals surface area contributed by atoms with Gasteiger partial charge in [0.2, 0.25) is 5.91 Å². The molecule has 3 atom stereocenters. The Balaban J connectivity index is 1.64. The first-order chi connectivity index (χ1) is 15.1. The van der Waals surface area contributed by atoms with Crippen LogP contribution in [0.1, 0.15) is 6.42 Å². The van der Waals surface area contributed by atoms with E-state index in [9.17, 15) is 26.8 Å². The van der Waals surface area contributed by atoms with Gasteiger partial charge >= 0.3 is 6.09 Å². The van der Waals surface area contributed by atoms with Crippen LogP contribution in [0.15, 0.2) is 47.4 Å². The molecule has 1 heterocycles. The Bertz CT molecular complexity index is 1160. The van der Waals surface area contributed by atoms with E-state index in [2.05, 4.69) is 10.6 Å². The Hall–Kier alpha value is -3.41. The van der Waals surface area contributed by atoms with E-state index in [0.717, 1.165) is 28.6 Å². The molecule has 0 bridgehead atoms. The summed E-state index contributed by atoms with van der Waals surface area (Å²) in [6, 6.07) is 8.36. The number of halogens is 2. The summed E-state index contributed by atoms with van der Waals surface area (Å²) < 4.78 is 59.8. The minimum Gasteiger partial charge on any atom is -0.484 e. The Morgan fingerprint density at radius 2 is 1.88 bits per heavy atom. The predicted octanol–water partition coefficient (Wildman–Crippen LogP) is 2.35. The summed E-state index contributed by atoms with van der Waals surface area (Å²) in [5.41, 5.74) is 0.197. The molecule has 0 saturated heterocycles. The summed E-state index contributed by atoms with van der Waals surface area (Å²) >= 11 is 0. The number of carbonyl (C=O) groups is 2. The number of benzene rings is 2. The zero-order valence-corrected chi connectivity index (χ0v) is 17.3. The van der Waals surface area contributed by atoms with Crippen LogP contribution in [0.4, 0.5) is 25.0 Å². The number of nitrogens with zero attached hydrogens (tertiary/aromatic N) is 1. The number of ether oxygens (including phenoxy) is 1. The second-order valence-corrected chi connectivity index (χ2v) is 9.31. The highest BCUT2D eigenvalue weighted by atomic mass is 32.2. The molecule has 1 saturated carbocycles. The van der Waals surface area contributed by atoms with Crippen LogP contribution >= 0.6 is 0 Å². The first-order valence-electron chi connectivity index (χ1n) is 9.66. The van der Waals surface area contributed by atoms with Crippen molar-refractivity contribution in [3.63, 3.8) is 0 Å². The van der Waals surface area contributed by atoms with Crippen molar-refractivity contribution >= 4 is 33.4 Å². The zero-order valence-electron chi connectivity index (χ0n) is 16.5. The van der Waals surface area contributed by atoms with Gasteiger partial charge in [0.25, 0.3) is 10.0 Å². The SMILES string of the molecule is O=C(O)Nc1ccc2c(c1)N(S(=O)(=O)c1ccc(F)cc1)C[C@H](CNC(=O)[C@@H]1C[C@@H]1F)O2. The number of amides is 2. The van der Waals surface area contributed by atoms with Crippen LogP contribution in [-0.2, 0) is 14.8 Å². The maximum atomic E-state index is 13.3. The molecular weight excluding hydrogens is 448 g/mol. The summed E-state index contributed by atoms with van der Waals surface area (Å²) in [4.78, 5) is 22.7. The lowest BCUT2D eigenvalue weighted by molar-refractivity contribution is -0.123. The summed E-state index contributed by atoms with van der Waals surface area (Å²) in [5, 5.41) is 13.7. The molecule has 1 fully saturated rings. The van der Waals surface area contributed by atoms with Crippen molar-refractivity contribution < 1.29 is 36.6 Å². The van der Waals surface area contributed by atoms with Crippen molar-refractivity contribution in [1.82, 2.24) is 5.32 Å². The Kier molecular flexibility index (Phi) is 5.63. The quantitative estimate of drug-likeness (QED) is 0.599. The molecular formula is C20H19F2N3O6S. The Morgan fingerprint density at radius 1 is 1.19 bits per heavy atom. The van der Waals surface area contributed by atoms with Crippen LogP contribution in [0, 0.1) is 11.7 Å². The van der Waals surface area contributed by atoms with E-state index in [0.29, 0.717) is 0 Å². The van der Waals surface area contributed by atoms with Gasteiger partial charge in [-0.15, -0.1) is 0 Å². The number of carbonyl (C=O) groups excluding carboxylic acids is 1. The van der Waals surface area contributed by atoms with Crippen molar-refractivity contribution in [2.75, 3.05) is 22.7 Å². The highest BCUT2D eigenvalue weighted by Gasteiger charge is 2.44. The molecule has 2 aromatic rings. The predicted molar refractivity (Wildman–Crippen MR) is 109 cm³/mol. The van der Waals surface area contributed by atoms with Gasteiger partial charge in [-0.1, -0.05) is 0 Å². The largest absolute Gasteiger partial charge is 0.484 e. The maximum absolute atomic E-state index is 13.3. The van der Waals surface area contributed by atoms with Crippen LogP contribution in [0.25, 0.3) is 0 Å². The Morgan fingerprint density at radius 3 is 2.50 bits per heavy atom. The Labute approximate surface area is 182 Å². The molecule has 2 aromatic carbocycles. The number of rotatable bonds is 6. The first kappa shape index (κ1) is 21.8. The van der Waals surface area contributed by atoms with Gasteiger partial charge in [0.1, 0.15) is 23.8 Å². The van der Waals surface area contributed by atoms with E-state index in [1.807, 2.05) is 0 Å². The van der Waals surface area contributed by atoms with Crippen molar-refractivity contribution in [2.45, 2.75) is 23.6 Å². The third-order valence-electron chi connectivity index (χ3n) is 5.10. The first-order valence-corrected chi connectivity index (χ1v) is 11.1. The molecule has 0 radical (unpaired) electrons. The van der Waals surface area contributed by atoms with E-state index >= 15 is 0 Å². The topological polar surface area (TPSA) is 125 Å². The number of carboxylic acid groups (broad SMARTS) is 1. The van der Waals surface area contributed by atoms with Crippen LogP contribution in [0.3, 0.4) is 0 Å². The molecule has 2 aliphatic rings. The monoisotopic (exact) mass is 467 g/mol. The number of hydrogen-bond acceptors (Lipinski definition) is 5. The second kappa shape index (κ2) is 8.26. The highest BCUT2D eigenvalue weighted by molar-refractivity contribution is 7.92. The maximum Gasteiger partial charge on any atom is 0.409 e. The minimum absolute atomic E-state index is 0.0634. The molecule has 2 amide bonds. The van der Waals surface area contributed by atoms with E-state index in [-0.39, 0.29) is 41.5 Å². The molecule has 1 aliphatic heterocycles. The number of nitrogens with one attached hydrogen (secondary N) is 2. The van der Waals surface area contributed by atoms with Crippen LogP contribution in [-0.4, -0.2) is 50.9 Å². The fourth-order valence-electron chi connectivity index (χ4n) is 3.36. The van der Waals surface area contributed by atoms with E-state index in [1.165, 1.54) is 18.2 Å². The third-order valence-corrected chi connectivity index (χ3v) is 6.89. The molecule has 9 nitrogen and oxygen atoms in total. The van der Waals surface area contributed by atoms with Gasteiger partial charge in [-0.05, 0) is 48.9 Å². The lowest BCUT2D eigenvalue weighted by atomic mass is 10.2. The summed E-state index contributed by atoms with van der Waals surface area (Å²) in [6.07, 6.45) is -3.14. The van der Waals surface area contributed by atoms with Gasteiger partial charge < -0.3 is 15.2 Å². The number of sulfonamides is 1. The summed E-state index contributed by atoms with van der Waals surface area (Å²) in [7, 11) is -4.18. The fraction of sp³-hybridized carbons (Fsp3) is 0.300. The molecule has 0 unspecified atom stereocenters. The van der Waals surface area contributed by atoms with Crippen molar-refractivity contribution in [3.8, 4) is 5.75 Å². The molecule has 0 aromatic heterocycles. The molecule has 32 heavy (non-hydrogen) atoms. The molecule has 12 heteroatoms.